The van der Waals surface area contributed by atoms with E-state index in [-0.39, 0.29) is 5.60 Å². The molecule has 3 rings (SSSR count). The summed E-state index contributed by atoms with van der Waals surface area (Å²) < 4.78 is 13.0. The first-order valence-corrected chi connectivity index (χ1v) is 15.6. The van der Waals surface area contributed by atoms with Crippen molar-refractivity contribution in [3.8, 4) is 5.75 Å². The minimum atomic E-state index is 0.0417. The molecule has 0 N–H and O–H groups in total. The number of ether oxygens (including phenoxy) is 2. The second-order valence-corrected chi connectivity index (χ2v) is 11.0. The number of rotatable bonds is 8. The number of benzene rings is 2. The number of anilines is 2. The molecule has 0 bridgehead atoms. The van der Waals surface area contributed by atoms with Gasteiger partial charge in [-0.15, -0.1) is 18.3 Å². The van der Waals surface area contributed by atoms with E-state index in [0.717, 1.165) is 34.9 Å². The SMILES string of the molecule is C=CCCC1CN(c2ccccc2)c2cc(SC)c(O/C=C/C=O)cc2SN1C.CC.CC.COC(C)(C)C. The van der Waals surface area contributed by atoms with Gasteiger partial charge in [0.2, 0.25) is 0 Å². The number of hydrogen-bond donors (Lipinski definition) is 0. The lowest BCUT2D eigenvalue weighted by Gasteiger charge is -2.30. The number of allylic oxidation sites excluding steroid dienone is 2. The van der Waals surface area contributed by atoms with E-state index in [9.17, 15) is 4.79 Å². The first kappa shape index (κ1) is 36.8. The molecule has 1 aliphatic heterocycles. The summed E-state index contributed by atoms with van der Waals surface area (Å²) in [7, 11) is 3.85. The molecular weight excluding hydrogens is 524 g/mol. The van der Waals surface area contributed by atoms with Gasteiger partial charge in [-0.25, -0.2) is 4.31 Å². The Morgan fingerprint density at radius 3 is 2.26 bits per heavy atom. The highest BCUT2D eigenvalue weighted by Gasteiger charge is 2.28. The number of aldehydes is 1. The molecule has 2 aromatic carbocycles. The van der Waals surface area contributed by atoms with Gasteiger partial charge in [0.05, 0.1) is 27.3 Å². The van der Waals surface area contributed by atoms with Gasteiger partial charge in [-0.05, 0) is 83.1 Å². The summed E-state index contributed by atoms with van der Waals surface area (Å²) in [5.41, 5.74) is 2.39. The Hall–Kier alpha value is -2.19. The fourth-order valence-corrected chi connectivity index (χ4v) is 4.89. The first-order chi connectivity index (χ1) is 18.7. The Morgan fingerprint density at radius 2 is 1.74 bits per heavy atom. The molecule has 0 aliphatic carbocycles. The topological polar surface area (TPSA) is 42.0 Å². The van der Waals surface area contributed by atoms with Gasteiger partial charge in [0.25, 0.3) is 0 Å². The lowest BCUT2D eigenvalue weighted by atomic mass is 10.1. The number of para-hydroxylation sites is 1. The monoisotopic (exact) mass is 574 g/mol. The van der Waals surface area contributed by atoms with Gasteiger partial charge < -0.3 is 14.4 Å². The molecule has 1 aliphatic rings. The van der Waals surface area contributed by atoms with Gasteiger partial charge >= 0.3 is 0 Å². The lowest BCUT2D eigenvalue weighted by molar-refractivity contribution is -0.104. The molecule has 1 unspecified atom stereocenters. The number of carbonyl (C=O) groups is 1. The number of nitrogens with zero attached hydrogens (tertiary/aromatic N) is 2. The highest BCUT2D eigenvalue weighted by atomic mass is 32.2. The van der Waals surface area contributed by atoms with E-state index in [1.165, 1.54) is 23.7 Å². The van der Waals surface area contributed by atoms with Crippen LogP contribution in [-0.2, 0) is 9.53 Å². The molecule has 2 aromatic rings. The molecule has 1 atom stereocenters. The van der Waals surface area contributed by atoms with Crippen LogP contribution in [0.15, 0.2) is 77.2 Å². The van der Waals surface area contributed by atoms with Crippen LogP contribution < -0.4 is 9.64 Å². The van der Waals surface area contributed by atoms with Crippen LogP contribution in [0.4, 0.5) is 11.4 Å². The summed E-state index contributed by atoms with van der Waals surface area (Å²) in [6.07, 6.45) is 9.55. The third kappa shape index (κ3) is 13.1. The fourth-order valence-electron chi connectivity index (χ4n) is 3.30. The maximum atomic E-state index is 10.6. The number of hydrogen-bond acceptors (Lipinski definition) is 7. The van der Waals surface area contributed by atoms with Gasteiger partial charge in [0.15, 0.2) is 0 Å². The molecule has 7 heteroatoms. The Morgan fingerprint density at radius 1 is 1.13 bits per heavy atom. The number of fused-ring (bicyclic) bond motifs is 1. The van der Waals surface area contributed by atoms with E-state index < -0.39 is 0 Å². The smallest absolute Gasteiger partial charge is 0.145 e. The van der Waals surface area contributed by atoms with Crippen molar-refractivity contribution in [1.29, 1.82) is 0 Å². The maximum Gasteiger partial charge on any atom is 0.145 e. The number of thioether (sulfide) groups is 1. The predicted octanol–water partition coefficient (Wildman–Crippen LogP) is 9.41. The van der Waals surface area contributed by atoms with Gasteiger partial charge in [-0.1, -0.05) is 52.0 Å². The van der Waals surface area contributed by atoms with Gasteiger partial charge in [0.1, 0.15) is 12.0 Å². The number of methoxy groups -OCH3 is 1. The average Bonchev–Trinajstić information content (AvgIpc) is 3.09. The molecule has 5 nitrogen and oxygen atoms in total. The third-order valence-electron chi connectivity index (χ3n) is 5.42. The summed E-state index contributed by atoms with van der Waals surface area (Å²) in [6, 6.07) is 15.1. The molecule has 1 heterocycles. The van der Waals surface area contributed by atoms with Crippen molar-refractivity contribution in [2.45, 2.75) is 82.7 Å². The van der Waals surface area contributed by atoms with Crippen molar-refractivity contribution in [3.63, 3.8) is 0 Å². The van der Waals surface area contributed by atoms with Crippen molar-refractivity contribution in [2.24, 2.45) is 0 Å². The summed E-state index contributed by atoms with van der Waals surface area (Å²) >= 11 is 3.37. The second-order valence-electron chi connectivity index (χ2n) is 8.97. The summed E-state index contributed by atoms with van der Waals surface area (Å²) in [6.45, 7) is 18.8. The molecular formula is C32H50N2O3S2. The van der Waals surface area contributed by atoms with Gasteiger partial charge in [0, 0.05) is 31.5 Å². The van der Waals surface area contributed by atoms with Crippen LogP contribution in [0.3, 0.4) is 0 Å². The third-order valence-corrected chi connectivity index (χ3v) is 7.29. The predicted molar refractivity (Wildman–Crippen MR) is 174 cm³/mol. The van der Waals surface area contributed by atoms with Crippen LogP contribution in [0.1, 0.15) is 61.3 Å². The molecule has 218 valence electrons. The van der Waals surface area contributed by atoms with E-state index in [4.69, 9.17) is 9.47 Å². The van der Waals surface area contributed by atoms with Crippen molar-refractivity contribution in [3.05, 3.63) is 67.5 Å². The summed E-state index contributed by atoms with van der Waals surface area (Å²) in [5, 5.41) is 0. The highest BCUT2D eigenvalue weighted by molar-refractivity contribution is 7.98. The van der Waals surface area contributed by atoms with Crippen LogP contribution >= 0.6 is 23.7 Å². The van der Waals surface area contributed by atoms with E-state index in [0.29, 0.717) is 12.3 Å². The van der Waals surface area contributed by atoms with E-state index in [2.05, 4.69) is 59.2 Å². The van der Waals surface area contributed by atoms with E-state index in [1.54, 1.807) is 30.8 Å². The Labute approximate surface area is 247 Å². The number of likely N-dealkylation sites (N-methyl/N-ethyl adjacent to an activating group) is 1. The fraction of sp³-hybridized carbons (Fsp3) is 0.469. The number of carbonyl (C=O) groups excluding carboxylic acids is 1. The summed E-state index contributed by atoms with van der Waals surface area (Å²) in [4.78, 5) is 15.2. The molecule has 0 saturated carbocycles. The normalized spacial score (nSPS) is 14.8. The van der Waals surface area contributed by atoms with Crippen molar-refractivity contribution >= 4 is 41.4 Å². The zero-order chi connectivity index (χ0) is 29.8. The molecule has 0 fully saturated rings. The zero-order valence-corrected chi connectivity index (χ0v) is 27.3. The molecule has 39 heavy (non-hydrogen) atoms. The van der Waals surface area contributed by atoms with Crippen LogP contribution in [0.25, 0.3) is 0 Å². The first-order valence-electron chi connectivity index (χ1n) is 13.6. The molecule has 0 amide bonds. The van der Waals surface area contributed by atoms with E-state index >= 15 is 0 Å². The van der Waals surface area contributed by atoms with Crippen molar-refractivity contribution in [2.75, 3.05) is 31.9 Å². The van der Waals surface area contributed by atoms with Crippen molar-refractivity contribution in [1.82, 2.24) is 4.31 Å². The average molecular weight is 575 g/mol. The maximum absolute atomic E-state index is 10.6. The van der Waals surface area contributed by atoms with Gasteiger partial charge in [-0.3, -0.25) is 4.79 Å². The minimum Gasteiger partial charge on any atom is -0.464 e. The van der Waals surface area contributed by atoms with Crippen LogP contribution in [0, 0.1) is 0 Å². The largest absolute Gasteiger partial charge is 0.464 e. The highest BCUT2D eigenvalue weighted by Crippen LogP contribution is 2.45. The standard InChI is InChI=1S/C23H26N2O2S2.C5H12O.2C2H6/c1-4-5-10-19-17-25(18-11-7-6-8-12-18)20-15-23(28-3)21(27-14-9-13-26)16-22(20)29-24(19)2;1-5(2,3)6-4;2*1-2/h4,6-9,11-16,19H,1,5,10,17H2,2-3H3;1-4H3;2*1-2H3/b14-9+;;;. The lowest BCUT2D eigenvalue weighted by Crippen LogP contribution is -2.35. The Kier molecular flexibility index (Phi) is 19.5. The summed E-state index contributed by atoms with van der Waals surface area (Å²) in [5.74, 6) is 0.757. The molecule has 0 radical (unpaired) electrons. The molecule has 0 spiro atoms. The molecule has 0 saturated heterocycles. The second kappa shape index (κ2) is 20.7. The van der Waals surface area contributed by atoms with Gasteiger partial charge in [-0.2, -0.15) is 0 Å². The van der Waals surface area contributed by atoms with Crippen molar-refractivity contribution < 1.29 is 14.3 Å². The van der Waals surface area contributed by atoms with Crippen LogP contribution in [-0.4, -0.2) is 49.2 Å². The zero-order valence-electron chi connectivity index (χ0n) is 25.7. The van der Waals surface area contributed by atoms with Crippen LogP contribution in [0.2, 0.25) is 0 Å². The van der Waals surface area contributed by atoms with E-state index in [1.807, 2.05) is 66.9 Å². The Bertz CT molecular complexity index is 975. The minimum absolute atomic E-state index is 0.0417. The quantitative estimate of drug-likeness (QED) is 0.0777. The Balaban J connectivity index is 0.00000126. The molecule has 0 aromatic heterocycles. The van der Waals surface area contributed by atoms with Crippen LogP contribution in [0.5, 0.6) is 5.75 Å².